The van der Waals surface area contributed by atoms with Crippen molar-refractivity contribution < 1.29 is 9.84 Å². The van der Waals surface area contributed by atoms with Crippen molar-refractivity contribution in [2.24, 2.45) is 5.92 Å². The monoisotopic (exact) mass is 185 g/mol. The van der Waals surface area contributed by atoms with Crippen LogP contribution < -0.4 is 5.32 Å². The summed E-state index contributed by atoms with van der Waals surface area (Å²) in [6.07, 6.45) is 3.55. The SMILES string of the molecule is CC1COCC1(O)C1CCCCN1. The Bertz CT molecular complexity index is 180. The Kier molecular flexibility index (Phi) is 2.58. The second-order valence-corrected chi connectivity index (χ2v) is 4.41. The first kappa shape index (κ1) is 9.44. The first-order valence-corrected chi connectivity index (χ1v) is 5.27. The van der Waals surface area contributed by atoms with Crippen molar-refractivity contribution in [2.45, 2.75) is 37.8 Å². The molecule has 0 spiro atoms. The standard InChI is InChI=1S/C10H19NO2/c1-8-6-13-7-10(8,12)9-4-2-3-5-11-9/h8-9,11-12H,2-7H2,1H3. The Labute approximate surface area is 79.5 Å². The average Bonchev–Trinajstić information content (AvgIpc) is 2.50. The maximum atomic E-state index is 10.4. The van der Waals surface area contributed by atoms with Crippen molar-refractivity contribution in [3.05, 3.63) is 0 Å². The molecular formula is C10H19NO2. The topological polar surface area (TPSA) is 41.5 Å². The maximum absolute atomic E-state index is 10.4. The van der Waals surface area contributed by atoms with E-state index in [4.69, 9.17) is 4.74 Å². The lowest BCUT2D eigenvalue weighted by atomic mass is 9.81. The summed E-state index contributed by atoms with van der Waals surface area (Å²) >= 11 is 0. The fourth-order valence-corrected chi connectivity index (χ4v) is 2.41. The molecule has 0 amide bonds. The van der Waals surface area contributed by atoms with Gasteiger partial charge in [0.1, 0.15) is 5.60 Å². The summed E-state index contributed by atoms with van der Waals surface area (Å²) in [5.41, 5.74) is -0.611. The molecule has 13 heavy (non-hydrogen) atoms. The van der Waals surface area contributed by atoms with E-state index >= 15 is 0 Å². The van der Waals surface area contributed by atoms with Crippen LogP contribution in [0.1, 0.15) is 26.2 Å². The first-order chi connectivity index (χ1) is 6.23. The molecule has 3 atom stereocenters. The quantitative estimate of drug-likeness (QED) is 0.626. The second kappa shape index (κ2) is 3.56. The molecule has 0 aromatic rings. The largest absolute Gasteiger partial charge is 0.385 e. The molecule has 0 radical (unpaired) electrons. The van der Waals surface area contributed by atoms with Gasteiger partial charge in [-0.25, -0.2) is 0 Å². The summed E-state index contributed by atoms with van der Waals surface area (Å²) in [6, 6.07) is 0.249. The van der Waals surface area contributed by atoms with Gasteiger partial charge >= 0.3 is 0 Å². The van der Waals surface area contributed by atoms with Crippen LogP contribution in [0.25, 0.3) is 0 Å². The first-order valence-electron chi connectivity index (χ1n) is 5.27. The Hall–Kier alpha value is -0.120. The number of hydrogen-bond acceptors (Lipinski definition) is 3. The molecule has 2 aliphatic heterocycles. The van der Waals surface area contributed by atoms with Gasteiger partial charge < -0.3 is 15.2 Å². The molecule has 2 saturated heterocycles. The summed E-state index contributed by atoms with van der Waals surface area (Å²) in [5, 5.41) is 13.8. The van der Waals surface area contributed by atoms with Crippen molar-refractivity contribution in [3.8, 4) is 0 Å². The van der Waals surface area contributed by atoms with Gasteiger partial charge in [0.25, 0.3) is 0 Å². The van der Waals surface area contributed by atoms with Gasteiger partial charge in [-0.3, -0.25) is 0 Å². The molecule has 0 saturated carbocycles. The number of nitrogens with one attached hydrogen (secondary N) is 1. The summed E-state index contributed by atoms with van der Waals surface area (Å²) in [7, 11) is 0. The Morgan fingerprint density at radius 2 is 2.31 bits per heavy atom. The van der Waals surface area contributed by atoms with E-state index < -0.39 is 5.60 Å². The highest BCUT2D eigenvalue weighted by molar-refractivity contribution is 4.99. The molecule has 0 aromatic carbocycles. The highest BCUT2D eigenvalue weighted by Crippen LogP contribution is 2.31. The molecular weight excluding hydrogens is 166 g/mol. The van der Waals surface area contributed by atoms with E-state index in [-0.39, 0.29) is 12.0 Å². The highest BCUT2D eigenvalue weighted by Gasteiger charge is 2.46. The summed E-state index contributed by atoms with van der Waals surface area (Å²) in [6.45, 7) is 4.32. The van der Waals surface area contributed by atoms with Gasteiger partial charge in [0.15, 0.2) is 0 Å². The third-order valence-corrected chi connectivity index (χ3v) is 3.47. The number of ether oxygens (including phenoxy) is 1. The van der Waals surface area contributed by atoms with E-state index in [9.17, 15) is 5.11 Å². The number of aliphatic hydroxyl groups is 1. The molecule has 2 rings (SSSR count). The van der Waals surface area contributed by atoms with Crippen LogP contribution in [0.15, 0.2) is 0 Å². The second-order valence-electron chi connectivity index (χ2n) is 4.41. The van der Waals surface area contributed by atoms with Crippen LogP contribution in [0.3, 0.4) is 0 Å². The lowest BCUT2D eigenvalue weighted by Crippen LogP contribution is -2.56. The Morgan fingerprint density at radius 1 is 1.46 bits per heavy atom. The van der Waals surface area contributed by atoms with E-state index in [1.165, 1.54) is 12.8 Å². The Balaban J connectivity index is 2.03. The van der Waals surface area contributed by atoms with Crippen molar-refractivity contribution in [1.29, 1.82) is 0 Å². The van der Waals surface area contributed by atoms with E-state index in [1.54, 1.807) is 0 Å². The normalized spacial score (nSPS) is 46.6. The van der Waals surface area contributed by atoms with Gasteiger partial charge in [0.2, 0.25) is 0 Å². The molecule has 0 aliphatic carbocycles. The molecule has 2 N–H and O–H groups in total. The molecule has 0 bridgehead atoms. The molecule has 2 heterocycles. The molecule has 3 heteroatoms. The lowest BCUT2D eigenvalue weighted by Gasteiger charge is -2.37. The molecule has 3 nitrogen and oxygen atoms in total. The minimum Gasteiger partial charge on any atom is -0.385 e. The van der Waals surface area contributed by atoms with Gasteiger partial charge in [-0.15, -0.1) is 0 Å². The zero-order chi connectivity index (χ0) is 9.31. The highest BCUT2D eigenvalue weighted by atomic mass is 16.5. The predicted octanol–water partition coefficient (Wildman–Crippen LogP) is 0.526. The van der Waals surface area contributed by atoms with E-state index in [1.807, 2.05) is 0 Å². The summed E-state index contributed by atoms with van der Waals surface area (Å²) < 4.78 is 5.34. The molecule has 76 valence electrons. The average molecular weight is 185 g/mol. The van der Waals surface area contributed by atoms with Gasteiger partial charge in [-0.05, 0) is 19.4 Å². The van der Waals surface area contributed by atoms with Crippen molar-refractivity contribution in [1.82, 2.24) is 5.32 Å². The van der Waals surface area contributed by atoms with Crippen LogP contribution in [0.4, 0.5) is 0 Å². The van der Waals surface area contributed by atoms with Gasteiger partial charge in [-0.1, -0.05) is 13.3 Å². The van der Waals surface area contributed by atoms with Crippen molar-refractivity contribution in [3.63, 3.8) is 0 Å². The number of piperidine rings is 1. The lowest BCUT2D eigenvalue weighted by molar-refractivity contribution is -0.0357. The predicted molar refractivity (Wildman–Crippen MR) is 50.6 cm³/mol. The van der Waals surface area contributed by atoms with Crippen molar-refractivity contribution in [2.75, 3.05) is 19.8 Å². The van der Waals surface area contributed by atoms with Crippen molar-refractivity contribution >= 4 is 0 Å². The minimum atomic E-state index is -0.611. The number of hydrogen-bond donors (Lipinski definition) is 2. The van der Waals surface area contributed by atoms with Crippen LogP contribution in [-0.4, -0.2) is 36.5 Å². The van der Waals surface area contributed by atoms with Gasteiger partial charge in [-0.2, -0.15) is 0 Å². The third kappa shape index (κ3) is 1.60. The van der Waals surface area contributed by atoms with Crippen LogP contribution in [0.2, 0.25) is 0 Å². The van der Waals surface area contributed by atoms with Crippen LogP contribution in [0.5, 0.6) is 0 Å². The van der Waals surface area contributed by atoms with E-state index in [0.717, 1.165) is 13.0 Å². The van der Waals surface area contributed by atoms with Crippen LogP contribution in [0, 0.1) is 5.92 Å². The van der Waals surface area contributed by atoms with E-state index in [2.05, 4.69) is 12.2 Å². The van der Waals surface area contributed by atoms with Gasteiger partial charge in [0.05, 0.1) is 13.2 Å². The Morgan fingerprint density at radius 3 is 2.85 bits per heavy atom. The van der Waals surface area contributed by atoms with Gasteiger partial charge in [0, 0.05) is 12.0 Å². The summed E-state index contributed by atoms with van der Waals surface area (Å²) in [4.78, 5) is 0. The third-order valence-electron chi connectivity index (χ3n) is 3.47. The molecule has 2 fully saturated rings. The fourth-order valence-electron chi connectivity index (χ4n) is 2.41. The minimum absolute atomic E-state index is 0.249. The van der Waals surface area contributed by atoms with E-state index in [0.29, 0.717) is 13.2 Å². The van der Waals surface area contributed by atoms with Crippen LogP contribution in [-0.2, 0) is 4.74 Å². The fraction of sp³-hybridized carbons (Fsp3) is 1.00. The molecule has 3 unspecified atom stereocenters. The zero-order valence-electron chi connectivity index (χ0n) is 8.25. The smallest absolute Gasteiger partial charge is 0.108 e. The zero-order valence-corrected chi connectivity index (χ0v) is 8.25. The number of rotatable bonds is 1. The maximum Gasteiger partial charge on any atom is 0.108 e. The van der Waals surface area contributed by atoms with Crippen LogP contribution >= 0.6 is 0 Å². The molecule has 0 aromatic heterocycles. The summed E-state index contributed by atoms with van der Waals surface area (Å²) in [5.74, 6) is 0.267. The molecule has 2 aliphatic rings.